The number of piperidine rings is 2. The number of aromatic carboxylic acids is 2. The molecule has 4 fully saturated rings. The fourth-order valence-corrected chi connectivity index (χ4v) is 7.50. The Morgan fingerprint density at radius 1 is 0.762 bits per heavy atom. The van der Waals surface area contributed by atoms with Crippen molar-refractivity contribution < 1.29 is 19.8 Å². The van der Waals surface area contributed by atoms with E-state index in [2.05, 4.69) is 44.0 Å². The fraction of sp³-hybridized carbons (Fsp3) is 0.375. The molecule has 2 aromatic heterocycles. The Bertz CT molecular complexity index is 1550. The normalized spacial score (nSPS) is 29.1. The third kappa shape index (κ3) is 3.63. The van der Waals surface area contributed by atoms with E-state index < -0.39 is 11.9 Å². The molecule has 42 heavy (non-hydrogen) atoms. The highest BCUT2D eigenvalue weighted by atomic mass is 16.4. The first-order valence-electron chi connectivity index (χ1n) is 14.4. The molecule has 2 unspecified atom stereocenters. The predicted octanol–water partition coefficient (Wildman–Crippen LogP) is 3.86. The average Bonchev–Trinajstić information content (AvgIpc) is 3.88. The number of carbonyl (C=O) groups is 2. The number of benzene rings is 1. The zero-order valence-corrected chi connectivity index (χ0v) is 23.6. The molecule has 2 saturated carbocycles. The van der Waals surface area contributed by atoms with Crippen molar-refractivity contribution in [1.82, 2.24) is 9.97 Å². The van der Waals surface area contributed by atoms with Gasteiger partial charge >= 0.3 is 11.9 Å². The van der Waals surface area contributed by atoms with Crippen LogP contribution in [0.3, 0.4) is 0 Å². The van der Waals surface area contributed by atoms with Gasteiger partial charge in [-0.15, -0.1) is 0 Å². The van der Waals surface area contributed by atoms with Crippen LogP contribution in [0.2, 0.25) is 0 Å². The zero-order chi connectivity index (χ0) is 29.2. The van der Waals surface area contributed by atoms with Crippen LogP contribution in [0.1, 0.15) is 58.5 Å². The molecule has 2 aliphatic heterocycles. The van der Waals surface area contributed by atoms with Crippen molar-refractivity contribution >= 4 is 35.0 Å². The van der Waals surface area contributed by atoms with Gasteiger partial charge < -0.3 is 20.0 Å². The van der Waals surface area contributed by atoms with E-state index in [1.54, 1.807) is 36.7 Å². The molecule has 3 aromatic rings. The largest absolute Gasteiger partial charge is 0.478 e. The van der Waals surface area contributed by atoms with Crippen molar-refractivity contribution in [2.45, 2.75) is 49.6 Å². The second-order valence-electron chi connectivity index (χ2n) is 11.4. The molecule has 1 aromatic carbocycles. The number of pyridine rings is 2. The molecular formula is C32H32N6O4. The quantitative estimate of drug-likeness (QED) is 0.422. The maximum atomic E-state index is 11.9. The highest BCUT2D eigenvalue weighted by Gasteiger charge is 2.68. The Morgan fingerprint density at radius 2 is 1.17 bits per heavy atom. The number of nitrogens with zero attached hydrogens (tertiary/aromatic N) is 6. The van der Waals surface area contributed by atoms with Gasteiger partial charge in [-0.2, -0.15) is 0 Å². The van der Waals surface area contributed by atoms with Gasteiger partial charge in [0.2, 0.25) is 0 Å². The standard InChI is InChI=1S/C32H32N6O4/c1-3-33-23-17-37(27-21(29(39)40)7-5-13-35-27)25-15-31(23,25)19-9-11-20(12-10-19)32-16-26(32)38(18-24(32)34-4-2)28-22(30(41)42)8-6-14-36-28/h5-14,25-26H,3-4,15-18H2,1-2H3,(H,39,40)(H,41,42)/t25?,26?,31-,32-/m0/s1. The molecule has 0 bridgehead atoms. The Morgan fingerprint density at radius 3 is 1.52 bits per heavy atom. The summed E-state index contributed by atoms with van der Waals surface area (Å²) in [4.78, 5) is 46.8. The minimum absolute atomic E-state index is 0.103. The summed E-state index contributed by atoms with van der Waals surface area (Å²) in [7, 11) is 0. The SMILES string of the molecule is CCN=C1CN(c2ncccc2C(=O)O)C2C[C@]12c1ccc([C@]23CC2N(c2ncccc2C(=O)O)CC3=NCC)cc1. The number of fused-ring (bicyclic) bond motifs is 2. The number of anilines is 2. The zero-order valence-electron chi connectivity index (χ0n) is 23.6. The Labute approximate surface area is 243 Å². The molecule has 4 heterocycles. The number of rotatable bonds is 8. The van der Waals surface area contributed by atoms with Crippen LogP contribution in [-0.4, -0.2) is 81.8 Å². The summed E-state index contributed by atoms with van der Waals surface area (Å²) >= 11 is 0. The molecule has 10 nitrogen and oxygen atoms in total. The molecule has 0 spiro atoms. The monoisotopic (exact) mass is 564 g/mol. The lowest BCUT2D eigenvalue weighted by Gasteiger charge is -2.20. The summed E-state index contributed by atoms with van der Waals surface area (Å²) in [5, 5.41) is 19.6. The van der Waals surface area contributed by atoms with Crippen molar-refractivity contribution in [3.8, 4) is 0 Å². The number of aliphatic imine (C=N–C) groups is 2. The van der Waals surface area contributed by atoms with Crippen LogP contribution in [0.5, 0.6) is 0 Å². The highest BCUT2D eigenvalue weighted by Crippen LogP contribution is 2.60. The minimum atomic E-state index is -0.982. The highest BCUT2D eigenvalue weighted by molar-refractivity contribution is 6.09. The molecule has 214 valence electrons. The van der Waals surface area contributed by atoms with E-state index in [-0.39, 0.29) is 34.0 Å². The van der Waals surface area contributed by atoms with Crippen molar-refractivity contribution in [2.24, 2.45) is 9.98 Å². The van der Waals surface area contributed by atoms with Gasteiger partial charge in [0.05, 0.1) is 23.9 Å². The number of carboxylic acid groups (broad SMARTS) is 2. The number of hydrogen-bond donors (Lipinski definition) is 2. The van der Waals surface area contributed by atoms with Gasteiger partial charge in [0.1, 0.15) is 22.8 Å². The molecule has 2 N–H and O–H groups in total. The van der Waals surface area contributed by atoms with Crippen LogP contribution < -0.4 is 9.80 Å². The smallest absolute Gasteiger partial charge is 0.339 e. The van der Waals surface area contributed by atoms with Crippen LogP contribution in [0.4, 0.5) is 11.6 Å². The fourth-order valence-electron chi connectivity index (χ4n) is 7.50. The lowest BCUT2D eigenvalue weighted by atomic mass is 9.86. The van der Waals surface area contributed by atoms with Crippen LogP contribution in [0, 0.1) is 0 Å². The van der Waals surface area contributed by atoms with E-state index >= 15 is 0 Å². The Kier molecular flexibility index (Phi) is 5.93. The van der Waals surface area contributed by atoms with Crippen molar-refractivity contribution in [1.29, 1.82) is 0 Å². The summed E-state index contributed by atoms with van der Waals surface area (Å²) in [6, 6.07) is 15.5. The number of carboxylic acids is 2. The van der Waals surface area contributed by atoms with Gasteiger partial charge in [-0.1, -0.05) is 24.3 Å². The van der Waals surface area contributed by atoms with E-state index in [1.807, 2.05) is 13.8 Å². The summed E-state index contributed by atoms with van der Waals surface area (Å²) < 4.78 is 0. The molecule has 2 aliphatic carbocycles. The molecule has 4 atom stereocenters. The van der Waals surface area contributed by atoms with Crippen LogP contribution >= 0.6 is 0 Å². The summed E-state index contributed by atoms with van der Waals surface area (Å²) in [6.45, 7) is 6.48. The molecule has 7 rings (SSSR count). The van der Waals surface area contributed by atoms with E-state index in [0.717, 1.165) is 24.3 Å². The summed E-state index contributed by atoms with van der Waals surface area (Å²) in [6.07, 6.45) is 5.02. The summed E-state index contributed by atoms with van der Waals surface area (Å²) in [5.74, 6) is -0.972. The Balaban J connectivity index is 1.22. The molecule has 4 aliphatic rings. The van der Waals surface area contributed by atoms with Gasteiger partial charge in [0.15, 0.2) is 0 Å². The van der Waals surface area contributed by atoms with Gasteiger partial charge in [0, 0.05) is 49.0 Å². The van der Waals surface area contributed by atoms with Gasteiger partial charge in [-0.3, -0.25) is 9.98 Å². The van der Waals surface area contributed by atoms with Crippen LogP contribution in [0.25, 0.3) is 0 Å². The Hall–Kier alpha value is -4.60. The lowest BCUT2D eigenvalue weighted by Crippen LogP contribution is -2.28. The van der Waals surface area contributed by atoms with E-state index in [4.69, 9.17) is 9.98 Å². The first kappa shape index (κ1) is 26.3. The predicted molar refractivity (Wildman–Crippen MR) is 160 cm³/mol. The van der Waals surface area contributed by atoms with Crippen LogP contribution in [-0.2, 0) is 10.8 Å². The molecule has 2 saturated heterocycles. The maximum Gasteiger partial charge on any atom is 0.339 e. The van der Waals surface area contributed by atoms with Crippen molar-refractivity contribution in [3.05, 3.63) is 83.2 Å². The van der Waals surface area contributed by atoms with Gasteiger partial charge in [-0.05, 0) is 62.1 Å². The minimum Gasteiger partial charge on any atom is -0.478 e. The average molecular weight is 565 g/mol. The third-order valence-electron chi connectivity index (χ3n) is 9.46. The molecule has 0 radical (unpaired) electrons. The molecule has 10 heteroatoms. The third-order valence-corrected chi connectivity index (χ3v) is 9.46. The van der Waals surface area contributed by atoms with Gasteiger partial charge in [-0.25, -0.2) is 19.6 Å². The first-order chi connectivity index (χ1) is 20.4. The maximum absolute atomic E-state index is 11.9. The first-order valence-corrected chi connectivity index (χ1v) is 14.4. The van der Waals surface area contributed by atoms with Gasteiger partial charge in [0.25, 0.3) is 0 Å². The van der Waals surface area contributed by atoms with E-state index in [9.17, 15) is 19.8 Å². The van der Waals surface area contributed by atoms with Crippen LogP contribution in [0.15, 0.2) is 70.9 Å². The van der Waals surface area contributed by atoms with Crippen molar-refractivity contribution in [3.63, 3.8) is 0 Å². The molecule has 0 amide bonds. The number of aromatic nitrogens is 2. The summed E-state index contributed by atoms with van der Waals surface area (Å²) in [5.41, 5.74) is 4.40. The molecular weight excluding hydrogens is 532 g/mol. The van der Waals surface area contributed by atoms with E-state index in [0.29, 0.717) is 37.8 Å². The second kappa shape index (κ2) is 9.47. The topological polar surface area (TPSA) is 132 Å². The van der Waals surface area contributed by atoms with Crippen molar-refractivity contribution in [2.75, 3.05) is 36.0 Å². The lowest BCUT2D eigenvalue weighted by molar-refractivity contribution is 0.0686. The second-order valence-corrected chi connectivity index (χ2v) is 11.4. The number of hydrogen-bond acceptors (Lipinski definition) is 8. The van der Waals surface area contributed by atoms with E-state index in [1.165, 1.54) is 11.1 Å².